The van der Waals surface area contributed by atoms with Crippen molar-refractivity contribution < 1.29 is 0 Å². The lowest BCUT2D eigenvalue weighted by Crippen LogP contribution is -2.39. The largest absolute Gasteiger partial charge is 0.357 e. The summed E-state index contributed by atoms with van der Waals surface area (Å²) >= 11 is 0. The molecule has 31 heavy (non-hydrogen) atoms. The van der Waals surface area contributed by atoms with Gasteiger partial charge in [0.05, 0.1) is 0 Å². The first kappa shape index (κ1) is 25.1. The van der Waals surface area contributed by atoms with E-state index < -0.39 is 0 Å². The van der Waals surface area contributed by atoms with Crippen LogP contribution in [0.2, 0.25) is 0 Å². The summed E-state index contributed by atoms with van der Waals surface area (Å²) in [4.78, 5) is 7.13. The number of nitrogens with one attached hydrogen (secondary N) is 2. The van der Waals surface area contributed by atoms with E-state index in [1.807, 2.05) is 28.8 Å². The molecule has 1 atom stereocenters. The molecule has 0 saturated heterocycles. The minimum Gasteiger partial charge on any atom is -0.357 e. The molecule has 1 unspecified atom stereocenters. The molecule has 2 aromatic heterocycles. The van der Waals surface area contributed by atoms with Gasteiger partial charge in [-0.25, -0.2) is 0 Å². The van der Waals surface area contributed by atoms with Crippen LogP contribution < -0.4 is 10.6 Å². The van der Waals surface area contributed by atoms with Crippen LogP contribution in [0, 0.1) is 0 Å². The van der Waals surface area contributed by atoms with E-state index in [0.29, 0.717) is 6.04 Å². The number of fused-ring (bicyclic) bond motifs is 1. The van der Waals surface area contributed by atoms with Crippen LogP contribution in [0.25, 0.3) is 5.65 Å². The molecule has 0 aliphatic heterocycles. The molecule has 168 valence electrons. The summed E-state index contributed by atoms with van der Waals surface area (Å²) in [5.74, 6) is 1.80. The van der Waals surface area contributed by atoms with Crippen molar-refractivity contribution in [3.8, 4) is 0 Å². The predicted molar refractivity (Wildman–Crippen MR) is 138 cm³/mol. The number of hydrogen-bond acceptors (Lipinski definition) is 4. The number of hydrogen-bond donors (Lipinski definition) is 2. The maximum Gasteiger partial charge on any atom is 0.191 e. The average molecular weight is 535 g/mol. The molecule has 2 heterocycles. The summed E-state index contributed by atoms with van der Waals surface area (Å²) < 4.78 is 2.02. The van der Waals surface area contributed by atoms with Gasteiger partial charge in [0.15, 0.2) is 11.6 Å². The molecule has 0 aliphatic carbocycles. The Morgan fingerprint density at radius 3 is 2.65 bits per heavy atom. The molecule has 3 rings (SSSR count). The van der Waals surface area contributed by atoms with Crippen molar-refractivity contribution >= 4 is 35.6 Å². The number of halogens is 1. The Morgan fingerprint density at radius 1 is 1.10 bits per heavy atom. The first-order chi connectivity index (χ1) is 14.7. The molecule has 0 saturated carbocycles. The Labute approximate surface area is 202 Å². The summed E-state index contributed by atoms with van der Waals surface area (Å²) in [5, 5.41) is 15.2. The van der Waals surface area contributed by atoms with E-state index in [-0.39, 0.29) is 24.0 Å². The summed E-state index contributed by atoms with van der Waals surface area (Å²) in [6.45, 7) is 7.67. The zero-order valence-electron chi connectivity index (χ0n) is 18.7. The lowest BCUT2D eigenvalue weighted by molar-refractivity contribution is 0.240. The number of aromatic nitrogens is 3. The van der Waals surface area contributed by atoms with Crippen molar-refractivity contribution in [2.75, 3.05) is 26.7 Å². The van der Waals surface area contributed by atoms with Crippen molar-refractivity contribution in [1.29, 1.82) is 0 Å². The molecule has 0 spiro atoms. The summed E-state index contributed by atoms with van der Waals surface area (Å²) in [5.41, 5.74) is 2.22. The molecule has 8 heteroatoms. The van der Waals surface area contributed by atoms with Gasteiger partial charge >= 0.3 is 0 Å². The Kier molecular flexibility index (Phi) is 10.7. The van der Waals surface area contributed by atoms with E-state index >= 15 is 0 Å². The third kappa shape index (κ3) is 7.77. The smallest absolute Gasteiger partial charge is 0.191 e. The van der Waals surface area contributed by atoms with Gasteiger partial charge in [-0.15, -0.1) is 34.2 Å². The summed E-state index contributed by atoms with van der Waals surface area (Å²) in [6.07, 6.45) is 3.79. The molecule has 0 amide bonds. The number of benzene rings is 1. The second kappa shape index (κ2) is 13.3. The van der Waals surface area contributed by atoms with Gasteiger partial charge < -0.3 is 10.6 Å². The van der Waals surface area contributed by atoms with Crippen LogP contribution >= 0.6 is 24.0 Å². The maximum absolute atomic E-state index is 4.75. The minimum atomic E-state index is 0. The van der Waals surface area contributed by atoms with Gasteiger partial charge in [-0.3, -0.25) is 14.3 Å². The van der Waals surface area contributed by atoms with E-state index in [9.17, 15) is 0 Å². The normalized spacial score (nSPS) is 12.6. The summed E-state index contributed by atoms with van der Waals surface area (Å²) in [6, 6.07) is 17.0. The second-order valence-electron chi connectivity index (χ2n) is 7.52. The molecule has 0 fully saturated rings. The van der Waals surface area contributed by atoms with Crippen LogP contribution in [0.15, 0.2) is 59.7 Å². The highest BCUT2D eigenvalue weighted by Gasteiger charge is 2.10. The molecule has 1 aromatic carbocycles. The molecule has 2 N–H and O–H groups in total. The number of guanidine groups is 1. The number of aliphatic imine (C=N–C) groups is 1. The second-order valence-corrected chi connectivity index (χ2v) is 7.52. The highest BCUT2D eigenvalue weighted by Crippen LogP contribution is 2.08. The van der Waals surface area contributed by atoms with Gasteiger partial charge in [0.2, 0.25) is 0 Å². The standard InChI is InChI=1S/C23H33N7.HI/c1-4-24-23(26-16-14-22-28-27-21-12-8-9-17-30(21)22)25-15-13-19(2)29(3)18-20-10-6-5-7-11-20;/h5-12,17,19H,4,13-16,18H2,1-3H3,(H2,24,25,26);1H. The van der Waals surface area contributed by atoms with E-state index in [2.05, 4.69) is 77.0 Å². The zero-order valence-corrected chi connectivity index (χ0v) is 21.0. The molecular weight excluding hydrogens is 501 g/mol. The average Bonchev–Trinajstić information content (AvgIpc) is 3.17. The van der Waals surface area contributed by atoms with Gasteiger partial charge in [0, 0.05) is 44.8 Å². The van der Waals surface area contributed by atoms with Gasteiger partial charge in [-0.2, -0.15) is 0 Å². The summed E-state index contributed by atoms with van der Waals surface area (Å²) in [7, 11) is 2.17. The van der Waals surface area contributed by atoms with Gasteiger partial charge in [-0.05, 0) is 45.0 Å². The van der Waals surface area contributed by atoms with Crippen molar-refractivity contribution in [2.45, 2.75) is 39.3 Å². The topological polar surface area (TPSA) is 69.8 Å². The van der Waals surface area contributed by atoms with Crippen LogP contribution in [0.5, 0.6) is 0 Å². The molecule has 0 bridgehead atoms. The monoisotopic (exact) mass is 535 g/mol. The van der Waals surface area contributed by atoms with Crippen molar-refractivity contribution in [3.05, 3.63) is 66.1 Å². The lowest BCUT2D eigenvalue weighted by Gasteiger charge is -2.24. The SMILES string of the molecule is CCNC(=NCCC(C)N(C)Cc1ccccc1)NCCc1nnc2ccccn12.I. The maximum atomic E-state index is 4.75. The van der Waals surface area contributed by atoms with Crippen LogP contribution in [-0.4, -0.2) is 58.2 Å². The van der Waals surface area contributed by atoms with Gasteiger partial charge in [0.25, 0.3) is 0 Å². The Hall–Kier alpha value is -2.20. The van der Waals surface area contributed by atoms with Crippen LogP contribution in [0.4, 0.5) is 0 Å². The quantitative estimate of drug-likeness (QED) is 0.237. The van der Waals surface area contributed by atoms with Crippen molar-refractivity contribution in [3.63, 3.8) is 0 Å². The Bertz CT molecular complexity index is 926. The molecular formula is C23H34IN7. The molecule has 0 radical (unpaired) electrons. The van der Waals surface area contributed by atoms with Crippen LogP contribution in [-0.2, 0) is 13.0 Å². The number of rotatable bonds is 10. The van der Waals surface area contributed by atoms with Crippen molar-refractivity contribution in [1.82, 2.24) is 30.1 Å². The van der Waals surface area contributed by atoms with E-state index in [4.69, 9.17) is 4.99 Å². The Balaban J connectivity index is 0.00000341. The van der Waals surface area contributed by atoms with Crippen molar-refractivity contribution in [2.24, 2.45) is 4.99 Å². The first-order valence-electron chi connectivity index (χ1n) is 10.7. The fraction of sp³-hybridized carbons (Fsp3) is 0.435. The Morgan fingerprint density at radius 2 is 1.87 bits per heavy atom. The van der Waals surface area contributed by atoms with E-state index in [1.54, 1.807) is 0 Å². The van der Waals surface area contributed by atoms with E-state index in [1.165, 1.54) is 5.56 Å². The third-order valence-electron chi connectivity index (χ3n) is 5.21. The number of nitrogens with zero attached hydrogens (tertiary/aromatic N) is 5. The fourth-order valence-corrected chi connectivity index (χ4v) is 3.31. The molecule has 3 aromatic rings. The third-order valence-corrected chi connectivity index (χ3v) is 5.21. The molecule has 0 aliphatic rings. The highest BCUT2D eigenvalue weighted by atomic mass is 127. The highest BCUT2D eigenvalue weighted by molar-refractivity contribution is 14.0. The zero-order chi connectivity index (χ0) is 21.2. The number of pyridine rings is 1. The predicted octanol–water partition coefficient (Wildman–Crippen LogP) is 3.36. The fourth-order valence-electron chi connectivity index (χ4n) is 3.31. The first-order valence-corrected chi connectivity index (χ1v) is 10.7. The van der Waals surface area contributed by atoms with Gasteiger partial charge in [0.1, 0.15) is 5.82 Å². The van der Waals surface area contributed by atoms with Crippen LogP contribution in [0.3, 0.4) is 0 Å². The van der Waals surface area contributed by atoms with Gasteiger partial charge in [-0.1, -0.05) is 36.4 Å². The minimum absolute atomic E-state index is 0. The molecule has 7 nitrogen and oxygen atoms in total. The van der Waals surface area contributed by atoms with Crippen LogP contribution in [0.1, 0.15) is 31.7 Å². The lowest BCUT2D eigenvalue weighted by atomic mass is 10.1. The van der Waals surface area contributed by atoms with E-state index in [0.717, 1.165) is 56.5 Å².